The molecule has 1 saturated carbocycles. The Labute approximate surface area is 205 Å². The van der Waals surface area contributed by atoms with Crippen LogP contribution in [0, 0.1) is 17.6 Å². The number of benzene rings is 3. The van der Waals surface area contributed by atoms with Crippen LogP contribution in [-0.4, -0.2) is 13.5 Å². The van der Waals surface area contributed by atoms with Crippen molar-refractivity contribution in [2.75, 3.05) is 13.5 Å². The van der Waals surface area contributed by atoms with Gasteiger partial charge in [-0.15, -0.1) is 0 Å². The Hall–Kier alpha value is -3.16. The first kappa shape index (κ1) is 25.9. The first-order chi connectivity index (χ1) is 17.3. The quantitative estimate of drug-likeness (QED) is 0.269. The average Bonchev–Trinajstić information content (AvgIpc) is 2.86. The van der Waals surface area contributed by atoms with E-state index in [-0.39, 0.29) is 24.1 Å². The van der Waals surface area contributed by atoms with Crippen LogP contribution in [0.4, 0.5) is 26.3 Å². The van der Waals surface area contributed by atoms with E-state index in [9.17, 15) is 26.3 Å². The molecular weight excluding hydrogens is 482 g/mol. The zero-order valence-electron chi connectivity index (χ0n) is 19.5. The van der Waals surface area contributed by atoms with Crippen molar-refractivity contribution >= 4 is 0 Å². The summed E-state index contributed by atoms with van der Waals surface area (Å²) in [6, 6.07) is 13.1. The fourth-order valence-electron chi connectivity index (χ4n) is 4.73. The normalized spacial score (nSPS) is 18.2. The monoisotopic (exact) mass is 508 g/mol. The second-order valence-corrected chi connectivity index (χ2v) is 8.98. The Morgan fingerprint density at radius 1 is 0.778 bits per heavy atom. The molecule has 3 aromatic rings. The number of hydrogen-bond acceptors (Lipinski definition) is 2. The zero-order chi connectivity index (χ0) is 25.7. The third-order valence-corrected chi connectivity index (χ3v) is 6.72. The van der Waals surface area contributed by atoms with Gasteiger partial charge in [0.2, 0.25) is 6.86 Å². The summed E-state index contributed by atoms with van der Waals surface area (Å²) in [7, 11) is 0. The van der Waals surface area contributed by atoms with Crippen LogP contribution in [0.2, 0.25) is 0 Å². The van der Waals surface area contributed by atoms with Crippen LogP contribution in [0.1, 0.15) is 49.1 Å². The Bertz CT molecular complexity index is 1160. The van der Waals surface area contributed by atoms with Crippen LogP contribution in [0.25, 0.3) is 11.1 Å². The van der Waals surface area contributed by atoms with Gasteiger partial charge in [-0.2, -0.15) is 8.78 Å². The fraction of sp³-hybridized carbons (Fsp3) is 0.357. The van der Waals surface area contributed by atoms with Crippen LogP contribution in [0.5, 0.6) is 11.5 Å². The number of halogens is 6. The van der Waals surface area contributed by atoms with E-state index in [1.54, 1.807) is 0 Å². The highest BCUT2D eigenvalue weighted by Crippen LogP contribution is 2.40. The minimum Gasteiger partial charge on any atom is -0.460 e. The molecule has 192 valence electrons. The average molecular weight is 509 g/mol. The molecule has 0 unspecified atom stereocenters. The molecule has 1 fully saturated rings. The molecule has 4 rings (SSSR count). The number of ether oxygens (including phenoxy) is 2. The second kappa shape index (κ2) is 11.3. The Morgan fingerprint density at radius 3 is 2.08 bits per heavy atom. The molecule has 1 aliphatic rings. The van der Waals surface area contributed by atoms with Gasteiger partial charge in [-0.3, -0.25) is 4.39 Å². The van der Waals surface area contributed by atoms with E-state index in [0.717, 1.165) is 43.9 Å². The van der Waals surface area contributed by atoms with Crippen molar-refractivity contribution < 1.29 is 35.8 Å². The van der Waals surface area contributed by atoms with Crippen molar-refractivity contribution in [3.05, 3.63) is 83.4 Å². The van der Waals surface area contributed by atoms with Crippen molar-refractivity contribution in [2.24, 2.45) is 5.92 Å². The fourth-order valence-corrected chi connectivity index (χ4v) is 4.73. The molecule has 8 heteroatoms. The highest BCUT2D eigenvalue weighted by Gasteiger charge is 2.38. The van der Waals surface area contributed by atoms with Gasteiger partial charge in [-0.1, -0.05) is 24.3 Å². The van der Waals surface area contributed by atoms with E-state index in [0.29, 0.717) is 29.0 Å². The first-order valence-electron chi connectivity index (χ1n) is 11.8. The summed E-state index contributed by atoms with van der Waals surface area (Å²) in [5, 5.41) is 0. The molecule has 3 aromatic carbocycles. The summed E-state index contributed by atoms with van der Waals surface area (Å²) in [6.45, 7) is -1.51. The molecule has 0 amide bonds. The number of rotatable bonds is 9. The predicted octanol–water partition coefficient (Wildman–Crippen LogP) is 8.70. The van der Waals surface area contributed by atoms with Gasteiger partial charge in [0.1, 0.15) is 11.6 Å². The van der Waals surface area contributed by atoms with Crippen LogP contribution in [0.3, 0.4) is 0 Å². The van der Waals surface area contributed by atoms with Gasteiger partial charge in [0.25, 0.3) is 0 Å². The van der Waals surface area contributed by atoms with E-state index in [1.165, 1.54) is 42.5 Å². The topological polar surface area (TPSA) is 18.5 Å². The Kier molecular flexibility index (Phi) is 8.11. The Balaban J connectivity index is 1.43. The molecule has 0 bridgehead atoms. The molecule has 0 aromatic heterocycles. The van der Waals surface area contributed by atoms with Crippen molar-refractivity contribution in [1.29, 1.82) is 0 Å². The summed E-state index contributed by atoms with van der Waals surface area (Å²) < 4.78 is 92.5. The smallest absolute Gasteiger partial charge is 0.429 e. The molecule has 0 heterocycles. The summed E-state index contributed by atoms with van der Waals surface area (Å²) in [5.41, 5.74) is 0.725. The second-order valence-electron chi connectivity index (χ2n) is 8.98. The van der Waals surface area contributed by atoms with E-state index >= 15 is 0 Å². The molecule has 0 spiro atoms. The Morgan fingerprint density at radius 2 is 1.47 bits per heavy atom. The highest BCUT2D eigenvalue weighted by atomic mass is 19.3. The van der Waals surface area contributed by atoms with Crippen LogP contribution in [0.15, 0.2) is 60.7 Å². The SMILES string of the molecule is FCCC1CCC(c2ccc(C(F)(F)Oc3ccc(-c4ccc(OCF)c(F)c4)cc3)c(F)c2)CC1. The van der Waals surface area contributed by atoms with E-state index in [2.05, 4.69) is 4.74 Å². The highest BCUT2D eigenvalue weighted by molar-refractivity contribution is 5.65. The summed E-state index contributed by atoms with van der Waals surface area (Å²) in [5.74, 6) is -1.85. The van der Waals surface area contributed by atoms with E-state index in [1.807, 2.05) is 0 Å². The molecule has 0 atom stereocenters. The van der Waals surface area contributed by atoms with Crippen molar-refractivity contribution in [3.8, 4) is 22.6 Å². The molecular formula is C28H26F6O2. The molecule has 0 N–H and O–H groups in total. The minimum atomic E-state index is -3.92. The van der Waals surface area contributed by atoms with Crippen molar-refractivity contribution in [1.82, 2.24) is 0 Å². The lowest BCUT2D eigenvalue weighted by Gasteiger charge is -2.28. The van der Waals surface area contributed by atoms with Crippen LogP contribution >= 0.6 is 0 Å². The molecule has 1 aliphatic carbocycles. The molecule has 36 heavy (non-hydrogen) atoms. The van der Waals surface area contributed by atoms with Gasteiger partial charge in [0.15, 0.2) is 11.6 Å². The van der Waals surface area contributed by atoms with E-state index < -0.39 is 30.2 Å². The lowest BCUT2D eigenvalue weighted by Crippen LogP contribution is -2.23. The summed E-state index contributed by atoms with van der Waals surface area (Å²) in [6.07, 6.45) is -0.148. The molecule has 0 radical (unpaired) electrons. The number of alkyl halides is 4. The molecule has 0 saturated heterocycles. The van der Waals surface area contributed by atoms with Gasteiger partial charge < -0.3 is 9.47 Å². The lowest BCUT2D eigenvalue weighted by atomic mass is 9.77. The van der Waals surface area contributed by atoms with Crippen LogP contribution in [-0.2, 0) is 6.11 Å². The van der Waals surface area contributed by atoms with Gasteiger partial charge >= 0.3 is 6.11 Å². The predicted molar refractivity (Wildman–Crippen MR) is 125 cm³/mol. The molecule has 0 aliphatic heterocycles. The van der Waals surface area contributed by atoms with E-state index in [4.69, 9.17) is 4.74 Å². The third kappa shape index (κ3) is 5.97. The van der Waals surface area contributed by atoms with Gasteiger partial charge in [-0.05, 0) is 97.0 Å². The lowest BCUT2D eigenvalue weighted by molar-refractivity contribution is -0.187. The van der Waals surface area contributed by atoms with Gasteiger partial charge in [0.05, 0.1) is 12.2 Å². The van der Waals surface area contributed by atoms with Crippen molar-refractivity contribution in [3.63, 3.8) is 0 Å². The first-order valence-corrected chi connectivity index (χ1v) is 11.8. The maximum Gasteiger partial charge on any atom is 0.429 e. The van der Waals surface area contributed by atoms with Crippen molar-refractivity contribution in [2.45, 2.75) is 44.1 Å². The zero-order valence-corrected chi connectivity index (χ0v) is 19.5. The maximum absolute atomic E-state index is 14.8. The summed E-state index contributed by atoms with van der Waals surface area (Å²) in [4.78, 5) is 0. The third-order valence-electron chi connectivity index (χ3n) is 6.72. The standard InChI is InChI=1S/C28H26F6O2/c29-14-13-18-1-3-19(4-2-18)21-7-11-24(25(31)15-21)28(33,34)36-23-9-5-20(6-10-23)22-8-12-27(35-17-30)26(32)16-22/h5-12,15-16,18-19H,1-4,13-14,17H2. The number of hydrogen-bond donors (Lipinski definition) is 0. The van der Waals surface area contributed by atoms with Crippen LogP contribution < -0.4 is 9.47 Å². The van der Waals surface area contributed by atoms with Gasteiger partial charge in [-0.25, -0.2) is 13.2 Å². The van der Waals surface area contributed by atoms with Gasteiger partial charge in [0, 0.05) is 0 Å². The summed E-state index contributed by atoms with van der Waals surface area (Å²) >= 11 is 0. The minimum absolute atomic E-state index is 0.0638. The maximum atomic E-state index is 14.8. The molecule has 2 nitrogen and oxygen atoms in total. The largest absolute Gasteiger partial charge is 0.460 e.